The van der Waals surface area contributed by atoms with E-state index in [-0.39, 0.29) is 17.2 Å². The van der Waals surface area contributed by atoms with Crippen molar-refractivity contribution in [1.82, 2.24) is 0 Å². The SMILES string of the molecule is Cc1cccc(OCCC(=O)Cc2ccc(F)c(Cl)c2)c1. The van der Waals surface area contributed by atoms with Crippen LogP contribution in [0.4, 0.5) is 4.39 Å². The van der Waals surface area contributed by atoms with Gasteiger partial charge in [-0.15, -0.1) is 0 Å². The molecule has 0 atom stereocenters. The minimum absolute atomic E-state index is 0.0327. The Labute approximate surface area is 128 Å². The molecule has 2 rings (SSSR count). The van der Waals surface area contributed by atoms with Crippen molar-refractivity contribution in [2.24, 2.45) is 0 Å². The molecule has 2 aromatic rings. The Bertz CT molecular complexity index is 640. The number of ketones is 1. The summed E-state index contributed by atoms with van der Waals surface area (Å²) in [5.74, 6) is 0.314. The highest BCUT2D eigenvalue weighted by Crippen LogP contribution is 2.17. The zero-order chi connectivity index (χ0) is 15.2. The van der Waals surface area contributed by atoms with Gasteiger partial charge in [0.2, 0.25) is 0 Å². The Hall–Kier alpha value is -1.87. The van der Waals surface area contributed by atoms with Gasteiger partial charge in [-0.2, -0.15) is 0 Å². The molecule has 0 saturated heterocycles. The van der Waals surface area contributed by atoms with Gasteiger partial charge in [-0.25, -0.2) is 4.39 Å². The molecule has 0 spiro atoms. The fraction of sp³-hybridized carbons (Fsp3) is 0.235. The summed E-state index contributed by atoms with van der Waals surface area (Å²) in [6.45, 7) is 2.31. The Morgan fingerprint density at radius 2 is 2.05 bits per heavy atom. The number of hydrogen-bond donors (Lipinski definition) is 0. The van der Waals surface area contributed by atoms with Crippen LogP contribution in [0.1, 0.15) is 17.5 Å². The standard InChI is InChI=1S/C17H16ClFO2/c1-12-3-2-4-15(9-12)21-8-7-14(20)10-13-5-6-17(19)16(18)11-13/h2-6,9,11H,7-8,10H2,1H3. The third kappa shape index (κ3) is 4.87. The van der Waals surface area contributed by atoms with E-state index in [2.05, 4.69) is 0 Å². The Morgan fingerprint density at radius 1 is 1.24 bits per heavy atom. The summed E-state index contributed by atoms with van der Waals surface area (Å²) in [5.41, 5.74) is 1.82. The Morgan fingerprint density at radius 3 is 2.76 bits per heavy atom. The molecule has 0 saturated carbocycles. The number of carbonyl (C=O) groups excluding carboxylic acids is 1. The lowest BCUT2D eigenvalue weighted by molar-refractivity contribution is -0.118. The molecule has 0 unspecified atom stereocenters. The average molecular weight is 307 g/mol. The third-order valence-corrected chi connectivity index (χ3v) is 3.31. The average Bonchev–Trinajstić information content (AvgIpc) is 2.43. The molecule has 21 heavy (non-hydrogen) atoms. The zero-order valence-electron chi connectivity index (χ0n) is 11.7. The minimum atomic E-state index is -0.476. The topological polar surface area (TPSA) is 26.3 Å². The summed E-state index contributed by atoms with van der Waals surface area (Å²) in [7, 11) is 0. The van der Waals surface area contributed by atoms with Crippen LogP contribution in [0.25, 0.3) is 0 Å². The summed E-state index contributed by atoms with van der Waals surface area (Å²) < 4.78 is 18.6. The second kappa shape index (κ2) is 7.23. The molecule has 0 amide bonds. The second-order valence-electron chi connectivity index (χ2n) is 4.88. The summed E-state index contributed by atoms with van der Waals surface area (Å²) >= 11 is 5.69. The largest absolute Gasteiger partial charge is 0.493 e. The van der Waals surface area contributed by atoms with Crippen LogP contribution < -0.4 is 4.74 Å². The highest BCUT2D eigenvalue weighted by Gasteiger charge is 2.07. The van der Waals surface area contributed by atoms with Crippen LogP contribution in [0, 0.1) is 12.7 Å². The van der Waals surface area contributed by atoms with E-state index in [1.165, 1.54) is 12.1 Å². The number of carbonyl (C=O) groups is 1. The van der Waals surface area contributed by atoms with Crippen LogP contribution in [0.3, 0.4) is 0 Å². The number of halogens is 2. The normalized spacial score (nSPS) is 10.4. The van der Waals surface area contributed by atoms with Gasteiger partial charge in [-0.1, -0.05) is 29.8 Å². The highest BCUT2D eigenvalue weighted by atomic mass is 35.5. The van der Waals surface area contributed by atoms with Crippen molar-refractivity contribution < 1.29 is 13.9 Å². The smallest absolute Gasteiger partial charge is 0.141 e. The van der Waals surface area contributed by atoms with Gasteiger partial charge in [0, 0.05) is 12.8 Å². The van der Waals surface area contributed by atoms with E-state index < -0.39 is 5.82 Å². The van der Waals surface area contributed by atoms with Crippen molar-refractivity contribution in [3.05, 3.63) is 64.4 Å². The first-order valence-corrected chi connectivity index (χ1v) is 7.07. The van der Waals surface area contributed by atoms with E-state index >= 15 is 0 Å². The zero-order valence-corrected chi connectivity index (χ0v) is 12.5. The van der Waals surface area contributed by atoms with Crippen LogP contribution in [-0.4, -0.2) is 12.4 Å². The van der Waals surface area contributed by atoms with Crippen LogP contribution in [-0.2, 0) is 11.2 Å². The fourth-order valence-corrected chi connectivity index (χ4v) is 2.16. The van der Waals surface area contributed by atoms with Crippen molar-refractivity contribution in [1.29, 1.82) is 0 Å². The van der Waals surface area contributed by atoms with Crippen molar-refractivity contribution in [2.75, 3.05) is 6.61 Å². The lowest BCUT2D eigenvalue weighted by atomic mass is 10.1. The van der Waals surface area contributed by atoms with Crippen LogP contribution in [0.5, 0.6) is 5.75 Å². The second-order valence-corrected chi connectivity index (χ2v) is 5.29. The molecule has 4 heteroatoms. The molecule has 0 heterocycles. The maximum absolute atomic E-state index is 13.0. The molecule has 0 aliphatic rings. The van der Waals surface area contributed by atoms with Crippen molar-refractivity contribution >= 4 is 17.4 Å². The van der Waals surface area contributed by atoms with E-state index in [9.17, 15) is 9.18 Å². The number of ether oxygens (including phenoxy) is 1. The Balaban J connectivity index is 1.81. The van der Waals surface area contributed by atoms with E-state index in [1.807, 2.05) is 31.2 Å². The maximum atomic E-state index is 13.0. The van der Waals surface area contributed by atoms with E-state index in [1.54, 1.807) is 6.07 Å². The monoisotopic (exact) mass is 306 g/mol. The molecule has 0 radical (unpaired) electrons. The van der Waals surface area contributed by atoms with Crippen molar-refractivity contribution in [3.8, 4) is 5.75 Å². The number of Topliss-reactive ketones (excluding diaryl/α,β-unsaturated/α-hetero) is 1. The van der Waals surface area contributed by atoms with Gasteiger partial charge < -0.3 is 4.74 Å². The fourth-order valence-electron chi connectivity index (χ4n) is 1.95. The summed E-state index contributed by atoms with van der Waals surface area (Å²) in [6, 6.07) is 12.0. The van der Waals surface area contributed by atoms with Gasteiger partial charge >= 0.3 is 0 Å². The van der Waals surface area contributed by atoms with Crippen molar-refractivity contribution in [2.45, 2.75) is 19.8 Å². The number of benzene rings is 2. The molecule has 2 nitrogen and oxygen atoms in total. The number of hydrogen-bond acceptors (Lipinski definition) is 2. The number of rotatable bonds is 6. The maximum Gasteiger partial charge on any atom is 0.141 e. The van der Waals surface area contributed by atoms with Gasteiger partial charge in [0.1, 0.15) is 17.3 Å². The quantitative estimate of drug-likeness (QED) is 0.792. The minimum Gasteiger partial charge on any atom is -0.493 e. The first kappa shape index (κ1) is 15.5. The lowest BCUT2D eigenvalue weighted by Crippen LogP contribution is -2.09. The van der Waals surface area contributed by atoms with Gasteiger partial charge in [-0.3, -0.25) is 4.79 Å². The highest BCUT2D eigenvalue weighted by molar-refractivity contribution is 6.30. The van der Waals surface area contributed by atoms with E-state index in [0.29, 0.717) is 18.6 Å². The summed E-state index contributed by atoms with van der Waals surface area (Å²) in [4.78, 5) is 11.8. The number of aryl methyl sites for hydroxylation is 1. The molecule has 2 aromatic carbocycles. The predicted octanol–water partition coefficient (Wildman–Crippen LogP) is 4.37. The molecule has 0 aromatic heterocycles. The molecule has 110 valence electrons. The van der Waals surface area contributed by atoms with Gasteiger partial charge in [0.25, 0.3) is 0 Å². The molecule has 0 aliphatic carbocycles. The van der Waals surface area contributed by atoms with Crippen LogP contribution in [0.15, 0.2) is 42.5 Å². The lowest BCUT2D eigenvalue weighted by Gasteiger charge is -2.07. The van der Waals surface area contributed by atoms with E-state index in [0.717, 1.165) is 11.3 Å². The van der Waals surface area contributed by atoms with Crippen LogP contribution >= 0.6 is 11.6 Å². The predicted molar refractivity (Wildman–Crippen MR) is 81.4 cm³/mol. The molecule has 0 aliphatic heterocycles. The molecule has 0 bridgehead atoms. The molecule has 0 fully saturated rings. The molecular formula is C17H16ClFO2. The summed E-state index contributed by atoms with van der Waals surface area (Å²) in [6.07, 6.45) is 0.542. The molecular weight excluding hydrogens is 291 g/mol. The van der Waals surface area contributed by atoms with Gasteiger partial charge in [0.15, 0.2) is 0 Å². The Kier molecular flexibility index (Phi) is 5.34. The van der Waals surface area contributed by atoms with Crippen molar-refractivity contribution in [3.63, 3.8) is 0 Å². The first-order valence-electron chi connectivity index (χ1n) is 6.69. The van der Waals surface area contributed by atoms with Gasteiger partial charge in [0.05, 0.1) is 11.6 Å². The summed E-state index contributed by atoms with van der Waals surface area (Å²) in [5, 5.41) is 0.0383. The van der Waals surface area contributed by atoms with E-state index in [4.69, 9.17) is 16.3 Å². The first-order chi connectivity index (χ1) is 10.0. The van der Waals surface area contributed by atoms with Gasteiger partial charge in [-0.05, 0) is 42.3 Å². The van der Waals surface area contributed by atoms with Crippen LogP contribution in [0.2, 0.25) is 5.02 Å². The molecule has 0 N–H and O–H groups in total. The third-order valence-electron chi connectivity index (χ3n) is 3.02.